The molecule has 0 N–H and O–H groups in total. The van der Waals surface area contributed by atoms with Gasteiger partial charge >= 0.3 is 5.97 Å². The molecule has 0 atom stereocenters. The highest BCUT2D eigenvalue weighted by Gasteiger charge is 1.95. The molecule has 0 aromatic carbocycles. The zero-order valence-electron chi connectivity index (χ0n) is 4.19. The average molecular weight is 116 g/mol. The molecular formula is C5H5FO2. The number of rotatable bonds is 2. The van der Waals surface area contributed by atoms with Crippen molar-refractivity contribution >= 4 is 5.97 Å². The van der Waals surface area contributed by atoms with Crippen LogP contribution in [-0.2, 0) is 9.53 Å². The molecular weight excluding hydrogens is 111 g/mol. The second-order valence-corrected chi connectivity index (χ2v) is 0.980. The molecule has 3 heteroatoms. The van der Waals surface area contributed by atoms with Crippen molar-refractivity contribution in [3.8, 4) is 0 Å². The molecule has 0 amide bonds. The molecule has 0 rings (SSSR count). The van der Waals surface area contributed by atoms with Gasteiger partial charge in [0.2, 0.25) is 0 Å². The van der Waals surface area contributed by atoms with Crippen LogP contribution in [0.3, 0.4) is 0 Å². The van der Waals surface area contributed by atoms with Gasteiger partial charge in [-0.2, -0.15) is 4.39 Å². The van der Waals surface area contributed by atoms with E-state index in [0.717, 1.165) is 6.08 Å². The van der Waals surface area contributed by atoms with Gasteiger partial charge in [0.25, 0.3) is 6.01 Å². The van der Waals surface area contributed by atoms with E-state index < -0.39 is 12.0 Å². The lowest BCUT2D eigenvalue weighted by molar-refractivity contribution is -0.135. The molecule has 0 spiro atoms. The quantitative estimate of drug-likeness (QED) is 0.307. The van der Waals surface area contributed by atoms with E-state index in [9.17, 15) is 9.18 Å². The summed E-state index contributed by atoms with van der Waals surface area (Å²) in [6.45, 7) is 5.72. The Bertz CT molecular complexity index is 128. The van der Waals surface area contributed by atoms with Crippen LogP contribution in [0, 0.1) is 0 Å². The first-order valence-corrected chi connectivity index (χ1v) is 1.85. The minimum atomic E-state index is -1.12. The maximum Gasteiger partial charge on any atom is 0.337 e. The highest BCUT2D eigenvalue weighted by atomic mass is 19.1. The number of halogens is 1. The standard InChI is InChI=1S/C5H5FO2/c1-3-5(7)8-4(2)6/h3H,1-2H2. The summed E-state index contributed by atoms with van der Waals surface area (Å²) >= 11 is 0. The Morgan fingerprint density at radius 3 is 2.38 bits per heavy atom. The third kappa shape index (κ3) is 3.08. The smallest absolute Gasteiger partial charge is 0.337 e. The molecule has 0 aromatic heterocycles. The molecule has 0 aliphatic heterocycles. The Hall–Kier alpha value is -1.12. The van der Waals surface area contributed by atoms with Gasteiger partial charge in [0.05, 0.1) is 0 Å². The summed E-state index contributed by atoms with van der Waals surface area (Å²) < 4.78 is 15.2. The lowest BCUT2D eigenvalue weighted by Crippen LogP contribution is -1.94. The van der Waals surface area contributed by atoms with Gasteiger partial charge in [0, 0.05) is 6.08 Å². The topological polar surface area (TPSA) is 26.3 Å². The molecule has 0 saturated heterocycles. The number of ether oxygens (including phenoxy) is 1. The third-order valence-corrected chi connectivity index (χ3v) is 0.378. The number of esters is 1. The first kappa shape index (κ1) is 6.88. The summed E-state index contributed by atoms with van der Waals surface area (Å²) in [4.78, 5) is 9.98. The van der Waals surface area contributed by atoms with Gasteiger partial charge in [-0.05, 0) is 6.58 Å². The van der Waals surface area contributed by atoms with Crippen molar-refractivity contribution in [2.75, 3.05) is 0 Å². The Morgan fingerprint density at radius 2 is 2.25 bits per heavy atom. The van der Waals surface area contributed by atoms with Crippen molar-refractivity contribution in [1.82, 2.24) is 0 Å². The van der Waals surface area contributed by atoms with Crippen LogP contribution >= 0.6 is 0 Å². The molecule has 8 heavy (non-hydrogen) atoms. The Morgan fingerprint density at radius 1 is 1.75 bits per heavy atom. The van der Waals surface area contributed by atoms with Crippen molar-refractivity contribution in [1.29, 1.82) is 0 Å². The second-order valence-electron chi connectivity index (χ2n) is 0.980. The molecule has 0 bridgehead atoms. The fraction of sp³-hybridized carbons (Fsp3) is 0. The van der Waals surface area contributed by atoms with Gasteiger partial charge in [-0.15, -0.1) is 0 Å². The van der Waals surface area contributed by atoms with Crippen LogP contribution in [0.5, 0.6) is 0 Å². The third-order valence-electron chi connectivity index (χ3n) is 0.378. The number of hydrogen-bond acceptors (Lipinski definition) is 2. The van der Waals surface area contributed by atoms with E-state index in [1.165, 1.54) is 0 Å². The molecule has 44 valence electrons. The molecule has 0 radical (unpaired) electrons. The van der Waals surface area contributed by atoms with Crippen LogP contribution in [0.25, 0.3) is 0 Å². The fourth-order valence-electron chi connectivity index (χ4n) is 0.151. The number of carbonyl (C=O) groups excluding carboxylic acids is 1. The second kappa shape index (κ2) is 2.96. The lowest BCUT2D eigenvalue weighted by atomic mass is 10.7. The van der Waals surface area contributed by atoms with Crippen molar-refractivity contribution in [2.45, 2.75) is 0 Å². The van der Waals surface area contributed by atoms with Gasteiger partial charge in [0.1, 0.15) is 0 Å². The summed E-state index contributed by atoms with van der Waals surface area (Å²) in [6, 6.07) is -1.12. The summed E-state index contributed by atoms with van der Waals surface area (Å²) in [5.74, 6) is -0.836. The first-order chi connectivity index (χ1) is 3.66. The van der Waals surface area contributed by atoms with E-state index >= 15 is 0 Å². The minimum Gasteiger partial charge on any atom is -0.396 e. The van der Waals surface area contributed by atoms with E-state index in [1.54, 1.807) is 0 Å². The number of hydrogen-bond donors (Lipinski definition) is 0. The Balaban J connectivity index is 3.55. The van der Waals surface area contributed by atoms with Gasteiger partial charge in [-0.1, -0.05) is 6.58 Å². The van der Waals surface area contributed by atoms with Crippen LogP contribution in [-0.4, -0.2) is 5.97 Å². The molecule has 0 unspecified atom stereocenters. The highest BCUT2D eigenvalue weighted by molar-refractivity contribution is 5.81. The van der Waals surface area contributed by atoms with Crippen LogP contribution in [0.15, 0.2) is 25.2 Å². The lowest BCUT2D eigenvalue weighted by Gasteiger charge is -1.90. The summed E-state index contributed by atoms with van der Waals surface area (Å²) in [5, 5.41) is 0. The maximum atomic E-state index is 11.5. The van der Waals surface area contributed by atoms with E-state index in [0.29, 0.717) is 0 Å². The molecule has 0 fully saturated rings. The maximum absolute atomic E-state index is 11.5. The SMILES string of the molecule is C=CC(=O)OC(=C)F. The molecule has 0 saturated carbocycles. The van der Waals surface area contributed by atoms with E-state index in [2.05, 4.69) is 17.9 Å². The average Bonchev–Trinajstić information content (AvgIpc) is 1.65. The van der Waals surface area contributed by atoms with Crippen LogP contribution < -0.4 is 0 Å². The van der Waals surface area contributed by atoms with E-state index in [-0.39, 0.29) is 0 Å². The molecule has 2 nitrogen and oxygen atoms in total. The summed E-state index contributed by atoms with van der Waals surface area (Å²) in [6.07, 6.45) is 0.852. The highest BCUT2D eigenvalue weighted by Crippen LogP contribution is 1.93. The first-order valence-electron chi connectivity index (χ1n) is 1.85. The van der Waals surface area contributed by atoms with Crippen molar-refractivity contribution in [3.63, 3.8) is 0 Å². The Labute approximate surface area is 46.3 Å². The van der Waals surface area contributed by atoms with Crippen molar-refractivity contribution in [2.24, 2.45) is 0 Å². The van der Waals surface area contributed by atoms with Crippen molar-refractivity contribution in [3.05, 3.63) is 25.2 Å². The predicted octanol–water partition coefficient (Wildman–Crippen LogP) is 1.16. The van der Waals surface area contributed by atoms with Crippen molar-refractivity contribution < 1.29 is 13.9 Å². The van der Waals surface area contributed by atoms with Gasteiger partial charge in [-0.25, -0.2) is 4.79 Å². The normalized spacial score (nSPS) is 7.62. The molecule has 0 aliphatic carbocycles. The van der Waals surface area contributed by atoms with Gasteiger partial charge < -0.3 is 4.74 Å². The monoisotopic (exact) mass is 116 g/mol. The van der Waals surface area contributed by atoms with Gasteiger partial charge in [0.15, 0.2) is 0 Å². The van der Waals surface area contributed by atoms with Gasteiger partial charge in [-0.3, -0.25) is 0 Å². The summed E-state index contributed by atoms with van der Waals surface area (Å²) in [7, 11) is 0. The van der Waals surface area contributed by atoms with Crippen LogP contribution in [0.2, 0.25) is 0 Å². The summed E-state index contributed by atoms with van der Waals surface area (Å²) in [5.41, 5.74) is 0. The zero-order valence-corrected chi connectivity index (χ0v) is 4.19. The fourth-order valence-corrected chi connectivity index (χ4v) is 0.151. The molecule has 0 aromatic rings. The molecule has 0 aliphatic rings. The van der Waals surface area contributed by atoms with Crippen LogP contribution in [0.1, 0.15) is 0 Å². The number of carbonyl (C=O) groups is 1. The van der Waals surface area contributed by atoms with E-state index in [4.69, 9.17) is 0 Å². The molecule has 0 heterocycles. The van der Waals surface area contributed by atoms with E-state index in [1.807, 2.05) is 0 Å². The largest absolute Gasteiger partial charge is 0.396 e. The van der Waals surface area contributed by atoms with Crippen LogP contribution in [0.4, 0.5) is 4.39 Å². The Kier molecular flexibility index (Phi) is 2.54. The minimum absolute atomic E-state index is 0.836. The zero-order chi connectivity index (χ0) is 6.57. The predicted molar refractivity (Wildman–Crippen MR) is 26.5 cm³/mol.